The summed E-state index contributed by atoms with van der Waals surface area (Å²) >= 11 is 0. The van der Waals surface area contributed by atoms with Crippen molar-refractivity contribution in [3.63, 3.8) is 0 Å². The first kappa shape index (κ1) is 15.8. The van der Waals surface area contributed by atoms with Crippen molar-refractivity contribution in [2.45, 2.75) is 19.4 Å². The third-order valence-corrected chi connectivity index (χ3v) is 2.35. The number of ether oxygens (including phenoxy) is 1. The number of aliphatic hydroxyl groups excluding tert-OH is 1. The minimum Gasteiger partial charge on any atom is -0.479 e. The van der Waals surface area contributed by atoms with E-state index in [2.05, 4.69) is 16.6 Å². The van der Waals surface area contributed by atoms with Gasteiger partial charge < -0.3 is 20.5 Å². The Balaban J connectivity index is 2.61. The first-order valence-corrected chi connectivity index (χ1v) is 6.11. The average Bonchev–Trinajstić information content (AvgIpc) is 2.38. The van der Waals surface area contributed by atoms with Gasteiger partial charge in [-0.25, -0.2) is 9.18 Å². The van der Waals surface area contributed by atoms with E-state index in [0.717, 1.165) is 6.07 Å². The van der Waals surface area contributed by atoms with Gasteiger partial charge >= 0.3 is 6.03 Å². The molecule has 0 fully saturated rings. The number of aliphatic hydroxyl groups is 1. The molecular formula is C14H17FN2O3. The minimum atomic E-state index is -0.490. The fourth-order valence-corrected chi connectivity index (χ4v) is 1.40. The highest BCUT2D eigenvalue weighted by atomic mass is 19.1. The molecule has 6 heteroatoms. The highest BCUT2D eigenvalue weighted by Gasteiger charge is 2.09. The van der Waals surface area contributed by atoms with E-state index in [0.29, 0.717) is 18.7 Å². The van der Waals surface area contributed by atoms with Gasteiger partial charge in [0, 0.05) is 12.6 Å². The molecule has 108 valence electrons. The summed E-state index contributed by atoms with van der Waals surface area (Å²) in [4.78, 5) is 11.6. The standard InChI is InChI=1S/C14H17FN2O3/c1-3-8-20-13-9-11(15)4-5-12(13)17-14(19)16-7-6-10(2)18/h1,4-5,9-10,18H,6-8H2,2H3,(H2,16,17,19). The van der Waals surface area contributed by atoms with E-state index in [1.54, 1.807) is 6.92 Å². The molecule has 0 spiro atoms. The van der Waals surface area contributed by atoms with Crippen molar-refractivity contribution in [2.75, 3.05) is 18.5 Å². The van der Waals surface area contributed by atoms with Crippen LogP contribution in [-0.4, -0.2) is 30.4 Å². The van der Waals surface area contributed by atoms with Crippen LogP contribution in [0.5, 0.6) is 5.75 Å². The number of amides is 2. The molecule has 3 N–H and O–H groups in total. The second-order valence-electron chi connectivity index (χ2n) is 4.15. The molecule has 0 saturated heterocycles. The number of carbonyl (C=O) groups excluding carboxylic acids is 1. The number of hydrogen-bond donors (Lipinski definition) is 3. The summed E-state index contributed by atoms with van der Waals surface area (Å²) in [5, 5.41) is 14.2. The summed E-state index contributed by atoms with van der Waals surface area (Å²) in [5.41, 5.74) is 0.316. The highest BCUT2D eigenvalue weighted by molar-refractivity contribution is 5.90. The van der Waals surface area contributed by atoms with Crippen LogP contribution in [0.4, 0.5) is 14.9 Å². The molecule has 1 aromatic carbocycles. The molecule has 0 aliphatic rings. The molecule has 5 nitrogen and oxygen atoms in total. The number of nitrogens with one attached hydrogen (secondary N) is 2. The van der Waals surface area contributed by atoms with Crippen molar-refractivity contribution in [1.82, 2.24) is 5.32 Å². The Hall–Kier alpha value is -2.26. The van der Waals surface area contributed by atoms with E-state index >= 15 is 0 Å². The number of terminal acetylenes is 1. The monoisotopic (exact) mass is 280 g/mol. The Morgan fingerprint density at radius 1 is 1.60 bits per heavy atom. The van der Waals surface area contributed by atoms with E-state index in [1.165, 1.54) is 12.1 Å². The number of urea groups is 1. The van der Waals surface area contributed by atoms with Crippen LogP contribution < -0.4 is 15.4 Å². The van der Waals surface area contributed by atoms with Crippen LogP contribution in [0.1, 0.15) is 13.3 Å². The van der Waals surface area contributed by atoms with Crippen LogP contribution in [0, 0.1) is 18.2 Å². The lowest BCUT2D eigenvalue weighted by molar-refractivity contribution is 0.184. The summed E-state index contributed by atoms with van der Waals surface area (Å²) in [6.45, 7) is 1.93. The first-order valence-electron chi connectivity index (χ1n) is 6.11. The van der Waals surface area contributed by atoms with Crippen LogP contribution >= 0.6 is 0 Å². The normalized spacial score (nSPS) is 11.3. The maximum atomic E-state index is 13.1. The van der Waals surface area contributed by atoms with Crippen molar-refractivity contribution in [1.29, 1.82) is 0 Å². The van der Waals surface area contributed by atoms with Gasteiger partial charge in [-0.2, -0.15) is 0 Å². The molecule has 1 atom stereocenters. The van der Waals surface area contributed by atoms with Crippen molar-refractivity contribution >= 4 is 11.7 Å². The Kier molecular flexibility index (Phi) is 6.33. The van der Waals surface area contributed by atoms with Gasteiger partial charge in [0.2, 0.25) is 0 Å². The average molecular weight is 280 g/mol. The predicted molar refractivity (Wildman–Crippen MR) is 74.0 cm³/mol. The van der Waals surface area contributed by atoms with Crippen molar-refractivity contribution in [3.8, 4) is 18.1 Å². The number of halogens is 1. The zero-order chi connectivity index (χ0) is 15.0. The molecule has 2 amide bonds. The predicted octanol–water partition coefficient (Wildman–Crippen LogP) is 1.73. The molecule has 1 aromatic rings. The van der Waals surface area contributed by atoms with Gasteiger partial charge in [0.1, 0.15) is 18.2 Å². The molecule has 0 aromatic heterocycles. The van der Waals surface area contributed by atoms with Crippen LogP contribution in [-0.2, 0) is 0 Å². The Labute approximate surface area is 117 Å². The molecule has 1 unspecified atom stereocenters. The van der Waals surface area contributed by atoms with E-state index in [-0.39, 0.29) is 12.4 Å². The lowest BCUT2D eigenvalue weighted by Gasteiger charge is -2.12. The van der Waals surface area contributed by atoms with Crippen molar-refractivity contribution in [2.24, 2.45) is 0 Å². The van der Waals surface area contributed by atoms with E-state index in [4.69, 9.17) is 16.3 Å². The number of hydrogen-bond acceptors (Lipinski definition) is 3. The second kappa shape index (κ2) is 8.02. The molecule has 0 bridgehead atoms. The summed E-state index contributed by atoms with van der Waals surface area (Å²) in [5.74, 6) is 1.93. The Morgan fingerprint density at radius 3 is 3.00 bits per heavy atom. The third-order valence-electron chi connectivity index (χ3n) is 2.35. The van der Waals surface area contributed by atoms with Crippen LogP contribution in [0.15, 0.2) is 18.2 Å². The van der Waals surface area contributed by atoms with E-state index in [9.17, 15) is 9.18 Å². The number of carbonyl (C=O) groups is 1. The summed E-state index contributed by atoms with van der Waals surface area (Å²) < 4.78 is 18.3. The zero-order valence-corrected chi connectivity index (χ0v) is 11.1. The fraction of sp³-hybridized carbons (Fsp3) is 0.357. The third kappa shape index (κ3) is 5.59. The molecular weight excluding hydrogens is 263 g/mol. The molecule has 0 radical (unpaired) electrons. The second-order valence-corrected chi connectivity index (χ2v) is 4.15. The van der Waals surface area contributed by atoms with Gasteiger partial charge in [-0.1, -0.05) is 5.92 Å². The molecule has 1 rings (SSSR count). The van der Waals surface area contributed by atoms with Gasteiger partial charge in [-0.3, -0.25) is 0 Å². The van der Waals surface area contributed by atoms with Crippen LogP contribution in [0.25, 0.3) is 0 Å². The highest BCUT2D eigenvalue weighted by Crippen LogP contribution is 2.25. The van der Waals surface area contributed by atoms with E-state index in [1.807, 2.05) is 0 Å². The fourth-order valence-electron chi connectivity index (χ4n) is 1.40. The smallest absolute Gasteiger partial charge is 0.319 e. The quantitative estimate of drug-likeness (QED) is 0.695. The maximum Gasteiger partial charge on any atom is 0.319 e. The SMILES string of the molecule is C#CCOc1cc(F)ccc1NC(=O)NCCC(C)O. The van der Waals surface area contributed by atoms with Gasteiger partial charge in [0.15, 0.2) is 0 Å². The Morgan fingerprint density at radius 2 is 2.35 bits per heavy atom. The van der Waals surface area contributed by atoms with Gasteiger partial charge in [-0.15, -0.1) is 6.42 Å². The lowest BCUT2D eigenvalue weighted by atomic mass is 10.3. The first-order chi connectivity index (χ1) is 9.52. The largest absolute Gasteiger partial charge is 0.479 e. The van der Waals surface area contributed by atoms with Crippen LogP contribution in [0.3, 0.4) is 0 Å². The Bertz CT molecular complexity index is 498. The molecule has 0 heterocycles. The van der Waals surface area contributed by atoms with Crippen LogP contribution in [0.2, 0.25) is 0 Å². The van der Waals surface area contributed by atoms with Gasteiger partial charge in [-0.05, 0) is 25.5 Å². The molecule has 0 aliphatic heterocycles. The van der Waals surface area contributed by atoms with Gasteiger partial charge in [0.25, 0.3) is 0 Å². The molecule has 0 aliphatic carbocycles. The van der Waals surface area contributed by atoms with E-state index < -0.39 is 18.0 Å². The maximum absolute atomic E-state index is 13.1. The summed E-state index contributed by atoms with van der Waals surface area (Å²) in [7, 11) is 0. The number of benzene rings is 1. The molecule has 0 saturated carbocycles. The van der Waals surface area contributed by atoms with Crippen molar-refractivity contribution in [3.05, 3.63) is 24.0 Å². The topological polar surface area (TPSA) is 70.6 Å². The molecule has 20 heavy (non-hydrogen) atoms. The van der Waals surface area contributed by atoms with Crippen molar-refractivity contribution < 1.29 is 19.0 Å². The zero-order valence-electron chi connectivity index (χ0n) is 11.1. The minimum absolute atomic E-state index is 0.0260. The summed E-state index contributed by atoms with van der Waals surface area (Å²) in [6.07, 6.45) is 5.02. The number of anilines is 1. The summed E-state index contributed by atoms with van der Waals surface area (Å²) in [6, 6.07) is 3.26. The van der Waals surface area contributed by atoms with Gasteiger partial charge in [0.05, 0.1) is 11.8 Å². The number of rotatable bonds is 6. The lowest BCUT2D eigenvalue weighted by Crippen LogP contribution is -2.31.